The van der Waals surface area contributed by atoms with E-state index in [0.29, 0.717) is 0 Å². The molecule has 0 saturated heterocycles. The van der Waals surface area contributed by atoms with E-state index in [2.05, 4.69) is 0 Å². The molecule has 0 radical (unpaired) electrons. The van der Waals surface area contributed by atoms with Gasteiger partial charge in [0.1, 0.15) is 16.4 Å². The van der Waals surface area contributed by atoms with Crippen molar-refractivity contribution in [1.82, 2.24) is 0 Å². The highest BCUT2D eigenvalue weighted by Crippen LogP contribution is 2.06. The van der Waals surface area contributed by atoms with Crippen LogP contribution in [0.5, 0.6) is 0 Å². The zero-order valence-electron chi connectivity index (χ0n) is 9.92. The van der Waals surface area contributed by atoms with Crippen molar-refractivity contribution in [2.75, 3.05) is 12.0 Å². The van der Waals surface area contributed by atoms with Gasteiger partial charge in [-0.2, -0.15) is 0 Å². The van der Waals surface area contributed by atoms with Gasteiger partial charge in [-0.05, 0) is 5.56 Å². The van der Waals surface area contributed by atoms with Gasteiger partial charge in [-0.3, -0.25) is 4.79 Å². The molecule has 1 rings (SSSR count). The van der Waals surface area contributed by atoms with Gasteiger partial charge in [-0.25, -0.2) is 8.42 Å². The van der Waals surface area contributed by atoms with Gasteiger partial charge in [0.05, 0.1) is 11.7 Å². The first-order valence-corrected chi connectivity index (χ1v) is 7.33. The Labute approximate surface area is 102 Å². The molecule has 94 valence electrons. The Bertz CT molecular complexity index is 465. The summed E-state index contributed by atoms with van der Waals surface area (Å²) in [5.74, 6) is -1.30. The third kappa shape index (κ3) is 5.49. The lowest BCUT2D eigenvalue weighted by atomic mass is 10.2. The molecule has 1 aromatic carbocycles. The summed E-state index contributed by atoms with van der Waals surface area (Å²) in [5.41, 5.74) is 0.882. The number of esters is 1. The minimum atomic E-state index is -3.15. The highest BCUT2D eigenvalue weighted by molar-refractivity contribution is 7.90. The quantitative estimate of drug-likeness (QED) is 0.747. The molecule has 0 amide bonds. The van der Waals surface area contributed by atoms with E-state index in [1.807, 2.05) is 30.3 Å². The van der Waals surface area contributed by atoms with Crippen LogP contribution in [0.3, 0.4) is 0 Å². The van der Waals surface area contributed by atoms with Gasteiger partial charge in [-0.15, -0.1) is 0 Å². The van der Waals surface area contributed by atoms with Crippen LogP contribution < -0.4 is 0 Å². The Balaban J connectivity index is 2.45. The van der Waals surface area contributed by atoms with Gasteiger partial charge in [0.15, 0.2) is 0 Å². The highest BCUT2D eigenvalue weighted by Gasteiger charge is 2.19. The third-order valence-corrected chi connectivity index (χ3v) is 3.28. The molecule has 0 bridgehead atoms. The molecular formula is C12H16O4S. The number of hydrogen-bond donors (Lipinski definition) is 0. The molecule has 0 fully saturated rings. The molecule has 0 aliphatic heterocycles. The molecular weight excluding hydrogens is 240 g/mol. The number of ether oxygens (including phenoxy) is 1. The van der Waals surface area contributed by atoms with E-state index in [1.54, 1.807) is 6.92 Å². The zero-order valence-corrected chi connectivity index (χ0v) is 10.7. The second-order valence-corrected chi connectivity index (χ2v) is 6.27. The van der Waals surface area contributed by atoms with E-state index in [4.69, 9.17) is 4.74 Å². The van der Waals surface area contributed by atoms with E-state index >= 15 is 0 Å². The van der Waals surface area contributed by atoms with E-state index < -0.39 is 21.7 Å². The van der Waals surface area contributed by atoms with E-state index in [1.165, 1.54) is 0 Å². The van der Waals surface area contributed by atoms with E-state index in [9.17, 15) is 13.2 Å². The Hall–Kier alpha value is -1.36. The fourth-order valence-corrected chi connectivity index (χ4v) is 2.44. The van der Waals surface area contributed by atoms with Crippen LogP contribution in [-0.2, 0) is 26.0 Å². The van der Waals surface area contributed by atoms with Crippen molar-refractivity contribution in [3.05, 3.63) is 35.9 Å². The van der Waals surface area contributed by atoms with Gasteiger partial charge >= 0.3 is 5.97 Å². The van der Waals surface area contributed by atoms with Crippen molar-refractivity contribution in [2.24, 2.45) is 5.92 Å². The molecule has 4 nitrogen and oxygen atoms in total. The van der Waals surface area contributed by atoms with Crippen LogP contribution in [0.2, 0.25) is 0 Å². The van der Waals surface area contributed by atoms with Gasteiger partial charge in [0, 0.05) is 6.26 Å². The summed E-state index contributed by atoms with van der Waals surface area (Å²) in [6.07, 6.45) is 1.11. The van der Waals surface area contributed by atoms with Crippen LogP contribution in [0.15, 0.2) is 30.3 Å². The van der Waals surface area contributed by atoms with E-state index in [-0.39, 0.29) is 12.4 Å². The van der Waals surface area contributed by atoms with Crippen molar-refractivity contribution in [3.63, 3.8) is 0 Å². The summed E-state index contributed by atoms with van der Waals surface area (Å²) < 4.78 is 27.1. The smallest absolute Gasteiger partial charge is 0.310 e. The first-order valence-electron chi connectivity index (χ1n) is 5.27. The number of carbonyl (C=O) groups excluding carboxylic acids is 1. The fraction of sp³-hybridized carbons (Fsp3) is 0.417. The number of benzene rings is 1. The Kier molecular flexibility index (Phi) is 4.69. The number of sulfone groups is 1. The SMILES string of the molecule is CC(CS(C)(=O)=O)C(=O)OCc1ccccc1. The molecule has 1 aromatic rings. The summed E-state index contributed by atoms with van der Waals surface area (Å²) in [7, 11) is -3.15. The second kappa shape index (κ2) is 5.82. The van der Waals surface area contributed by atoms with Gasteiger partial charge in [0.2, 0.25) is 0 Å². The predicted molar refractivity (Wildman–Crippen MR) is 65.1 cm³/mol. The minimum Gasteiger partial charge on any atom is -0.461 e. The van der Waals surface area contributed by atoms with Crippen LogP contribution in [0.25, 0.3) is 0 Å². The molecule has 17 heavy (non-hydrogen) atoms. The maximum atomic E-state index is 11.5. The molecule has 1 atom stereocenters. The van der Waals surface area contributed by atoms with Crippen LogP contribution in [0.4, 0.5) is 0 Å². The largest absolute Gasteiger partial charge is 0.461 e. The number of carbonyl (C=O) groups is 1. The van der Waals surface area contributed by atoms with Gasteiger partial charge in [-0.1, -0.05) is 37.3 Å². The van der Waals surface area contributed by atoms with Gasteiger partial charge < -0.3 is 4.74 Å². The van der Waals surface area contributed by atoms with Crippen molar-refractivity contribution in [2.45, 2.75) is 13.5 Å². The molecule has 0 heterocycles. The lowest BCUT2D eigenvalue weighted by Crippen LogP contribution is -2.22. The molecule has 5 heteroatoms. The minimum absolute atomic E-state index is 0.174. The van der Waals surface area contributed by atoms with Crippen molar-refractivity contribution < 1.29 is 17.9 Å². The summed E-state index contributed by atoms with van der Waals surface area (Å²) in [6, 6.07) is 9.26. The molecule has 0 saturated carbocycles. The summed E-state index contributed by atoms with van der Waals surface area (Å²) in [4.78, 5) is 11.5. The number of rotatable bonds is 5. The first kappa shape index (κ1) is 13.7. The Morgan fingerprint density at radius 3 is 2.41 bits per heavy atom. The molecule has 0 aliphatic carbocycles. The fourth-order valence-electron chi connectivity index (χ4n) is 1.39. The highest BCUT2D eigenvalue weighted by atomic mass is 32.2. The first-order chi connectivity index (χ1) is 7.88. The average molecular weight is 256 g/mol. The van der Waals surface area contributed by atoms with Crippen LogP contribution in [0.1, 0.15) is 12.5 Å². The monoisotopic (exact) mass is 256 g/mol. The van der Waals surface area contributed by atoms with Crippen molar-refractivity contribution in [1.29, 1.82) is 0 Å². The average Bonchev–Trinajstić information content (AvgIpc) is 2.25. The van der Waals surface area contributed by atoms with Crippen LogP contribution in [0, 0.1) is 5.92 Å². The molecule has 0 N–H and O–H groups in total. The zero-order chi connectivity index (χ0) is 12.9. The van der Waals surface area contributed by atoms with Crippen molar-refractivity contribution in [3.8, 4) is 0 Å². The van der Waals surface area contributed by atoms with Crippen molar-refractivity contribution >= 4 is 15.8 Å². The summed E-state index contributed by atoms with van der Waals surface area (Å²) in [6.45, 7) is 1.72. The standard InChI is InChI=1S/C12H16O4S/c1-10(9-17(2,14)15)12(13)16-8-11-6-4-3-5-7-11/h3-7,10H,8-9H2,1-2H3. The predicted octanol–water partition coefficient (Wildman–Crippen LogP) is 1.41. The summed E-state index contributed by atoms with van der Waals surface area (Å²) >= 11 is 0. The molecule has 0 aliphatic rings. The topological polar surface area (TPSA) is 60.4 Å². The maximum Gasteiger partial charge on any atom is 0.310 e. The lowest BCUT2D eigenvalue weighted by Gasteiger charge is -2.10. The summed E-state index contributed by atoms with van der Waals surface area (Å²) in [5, 5.41) is 0. The van der Waals surface area contributed by atoms with E-state index in [0.717, 1.165) is 11.8 Å². The molecule has 0 aromatic heterocycles. The molecule has 1 unspecified atom stereocenters. The maximum absolute atomic E-state index is 11.5. The Morgan fingerprint density at radius 2 is 1.88 bits per heavy atom. The van der Waals surface area contributed by atoms with Crippen LogP contribution in [-0.4, -0.2) is 26.4 Å². The second-order valence-electron chi connectivity index (χ2n) is 4.09. The lowest BCUT2D eigenvalue weighted by molar-refractivity contribution is -0.148. The molecule has 0 spiro atoms. The van der Waals surface area contributed by atoms with Crippen LogP contribution >= 0.6 is 0 Å². The normalized spacial score (nSPS) is 13.1. The third-order valence-electron chi connectivity index (χ3n) is 2.18. The Morgan fingerprint density at radius 1 is 1.29 bits per heavy atom. The number of hydrogen-bond acceptors (Lipinski definition) is 4. The van der Waals surface area contributed by atoms with Gasteiger partial charge in [0.25, 0.3) is 0 Å².